The first-order valence-electron chi connectivity index (χ1n) is 4.90. The van der Waals surface area contributed by atoms with Crippen molar-refractivity contribution in [2.24, 2.45) is 0 Å². The highest BCUT2D eigenvalue weighted by molar-refractivity contribution is 6.33. The van der Waals surface area contributed by atoms with Gasteiger partial charge in [0, 0.05) is 6.04 Å². The van der Waals surface area contributed by atoms with Gasteiger partial charge in [0.2, 0.25) is 0 Å². The van der Waals surface area contributed by atoms with E-state index in [1.807, 2.05) is 25.1 Å². The molecule has 4 nitrogen and oxygen atoms in total. The summed E-state index contributed by atoms with van der Waals surface area (Å²) in [5, 5.41) is 12.2. The minimum Gasteiger partial charge on any atom is -0.480 e. The molecule has 0 radical (unpaired) electrons. The van der Waals surface area contributed by atoms with Gasteiger partial charge in [0.05, 0.1) is 17.3 Å². The Kier molecular flexibility index (Phi) is 5.08. The predicted octanol–water partition coefficient (Wildman–Crippen LogP) is 2.24. The van der Waals surface area contributed by atoms with Crippen LogP contribution in [0.15, 0.2) is 24.3 Å². The molecule has 0 aliphatic carbocycles. The zero-order chi connectivity index (χ0) is 12.0. The van der Waals surface area contributed by atoms with Gasteiger partial charge in [0.25, 0.3) is 0 Å². The molecule has 5 heteroatoms. The molecule has 0 saturated carbocycles. The van der Waals surface area contributed by atoms with Crippen LogP contribution in [0.1, 0.15) is 6.92 Å². The fourth-order valence-corrected chi connectivity index (χ4v) is 1.40. The van der Waals surface area contributed by atoms with Crippen LogP contribution in [-0.4, -0.2) is 30.3 Å². The lowest BCUT2D eigenvalue weighted by molar-refractivity contribution is -0.142. The van der Waals surface area contributed by atoms with Gasteiger partial charge >= 0.3 is 5.97 Å². The number of nitrogens with one attached hydrogen (secondary N) is 1. The topological polar surface area (TPSA) is 58.6 Å². The van der Waals surface area contributed by atoms with Gasteiger partial charge in [0.1, 0.15) is 6.61 Å². The summed E-state index contributed by atoms with van der Waals surface area (Å²) >= 11 is 5.96. The summed E-state index contributed by atoms with van der Waals surface area (Å²) in [5.41, 5.74) is 0.815. The molecule has 1 aromatic rings. The third-order valence-corrected chi connectivity index (χ3v) is 2.20. The number of carbonyl (C=O) groups is 1. The van der Waals surface area contributed by atoms with Crippen LogP contribution in [0.2, 0.25) is 5.02 Å². The van der Waals surface area contributed by atoms with Crippen LogP contribution in [-0.2, 0) is 9.53 Å². The third-order valence-electron chi connectivity index (χ3n) is 1.87. The molecule has 0 heterocycles. The van der Waals surface area contributed by atoms with Crippen molar-refractivity contribution in [2.75, 3.05) is 18.5 Å². The standard InChI is InChI=1S/C11H14ClNO3/c1-8(6-16-7-11(14)15)13-10-5-3-2-4-9(10)12/h2-5,8,13H,6-7H2,1H3,(H,14,15). The molecule has 0 bridgehead atoms. The largest absolute Gasteiger partial charge is 0.480 e. The number of halogens is 1. The van der Waals surface area contributed by atoms with Crippen LogP contribution in [0.25, 0.3) is 0 Å². The predicted molar refractivity (Wildman–Crippen MR) is 63.0 cm³/mol. The zero-order valence-corrected chi connectivity index (χ0v) is 9.70. The lowest BCUT2D eigenvalue weighted by Crippen LogP contribution is -2.23. The Balaban J connectivity index is 2.37. The Hall–Kier alpha value is -1.26. The second kappa shape index (κ2) is 6.35. The van der Waals surface area contributed by atoms with Crippen molar-refractivity contribution in [3.05, 3.63) is 29.3 Å². The van der Waals surface area contributed by atoms with Crippen LogP contribution in [0.5, 0.6) is 0 Å². The summed E-state index contributed by atoms with van der Waals surface area (Å²) in [4.78, 5) is 10.2. The normalized spacial score (nSPS) is 12.1. The van der Waals surface area contributed by atoms with Gasteiger partial charge < -0.3 is 15.2 Å². The van der Waals surface area contributed by atoms with E-state index in [9.17, 15) is 4.79 Å². The molecule has 88 valence electrons. The van der Waals surface area contributed by atoms with Gasteiger partial charge in [-0.05, 0) is 19.1 Å². The third kappa shape index (κ3) is 4.51. The Morgan fingerprint density at radius 2 is 2.25 bits per heavy atom. The van der Waals surface area contributed by atoms with E-state index < -0.39 is 5.97 Å². The summed E-state index contributed by atoms with van der Waals surface area (Å²) in [7, 11) is 0. The number of benzene rings is 1. The SMILES string of the molecule is CC(COCC(=O)O)Nc1ccccc1Cl. The maximum Gasteiger partial charge on any atom is 0.329 e. The van der Waals surface area contributed by atoms with Crippen molar-refractivity contribution in [3.8, 4) is 0 Å². The summed E-state index contributed by atoms with van der Waals surface area (Å²) in [6, 6.07) is 7.36. The molecular formula is C11H14ClNO3. The van der Waals surface area contributed by atoms with Crippen molar-refractivity contribution >= 4 is 23.3 Å². The monoisotopic (exact) mass is 243 g/mol. The molecule has 1 unspecified atom stereocenters. The van der Waals surface area contributed by atoms with E-state index in [1.54, 1.807) is 6.07 Å². The zero-order valence-electron chi connectivity index (χ0n) is 8.94. The number of hydrogen-bond donors (Lipinski definition) is 2. The van der Waals surface area contributed by atoms with E-state index in [0.717, 1.165) is 5.69 Å². The van der Waals surface area contributed by atoms with Gasteiger partial charge in [-0.3, -0.25) is 0 Å². The van der Waals surface area contributed by atoms with Crippen molar-refractivity contribution in [1.29, 1.82) is 0 Å². The van der Waals surface area contributed by atoms with Crippen molar-refractivity contribution in [2.45, 2.75) is 13.0 Å². The van der Waals surface area contributed by atoms with E-state index in [2.05, 4.69) is 5.32 Å². The number of carboxylic acids is 1. The molecule has 0 spiro atoms. The molecule has 16 heavy (non-hydrogen) atoms. The fraction of sp³-hybridized carbons (Fsp3) is 0.364. The molecule has 1 rings (SSSR count). The molecule has 0 amide bonds. The molecule has 0 aliphatic rings. The smallest absolute Gasteiger partial charge is 0.329 e. The van der Waals surface area contributed by atoms with Crippen LogP contribution in [0, 0.1) is 0 Å². The van der Waals surface area contributed by atoms with E-state index in [4.69, 9.17) is 21.4 Å². The maximum atomic E-state index is 10.2. The summed E-state index contributed by atoms with van der Waals surface area (Å²) in [5.74, 6) is -0.968. The van der Waals surface area contributed by atoms with E-state index in [1.165, 1.54) is 0 Å². The number of hydrogen-bond acceptors (Lipinski definition) is 3. The molecule has 2 N–H and O–H groups in total. The molecule has 0 saturated heterocycles. The first-order valence-corrected chi connectivity index (χ1v) is 5.28. The van der Waals surface area contributed by atoms with Crippen LogP contribution in [0.3, 0.4) is 0 Å². The van der Waals surface area contributed by atoms with Gasteiger partial charge in [-0.1, -0.05) is 23.7 Å². The number of anilines is 1. The molecular weight excluding hydrogens is 230 g/mol. The summed E-state index contributed by atoms with van der Waals surface area (Å²) < 4.78 is 4.96. The number of aliphatic carboxylic acids is 1. The first kappa shape index (κ1) is 12.8. The first-order chi connectivity index (χ1) is 7.59. The second-order valence-electron chi connectivity index (χ2n) is 3.43. The minimum absolute atomic E-state index is 0.000694. The number of ether oxygens (including phenoxy) is 1. The average Bonchev–Trinajstić information content (AvgIpc) is 2.21. The molecule has 0 aromatic heterocycles. The fourth-order valence-electron chi connectivity index (χ4n) is 1.21. The highest BCUT2D eigenvalue weighted by Gasteiger charge is 2.05. The van der Waals surface area contributed by atoms with Crippen LogP contribution in [0.4, 0.5) is 5.69 Å². The van der Waals surface area contributed by atoms with Crippen LogP contribution >= 0.6 is 11.6 Å². The number of rotatable bonds is 6. The summed E-state index contributed by atoms with van der Waals surface area (Å²) in [6.45, 7) is 1.93. The highest BCUT2D eigenvalue weighted by Crippen LogP contribution is 2.21. The number of para-hydroxylation sites is 1. The van der Waals surface area contributed by atoms with Crippen LogP contribution < -0.4 is 5.32 Å². The number of carboxylic acid groups (broad SMARTS) is 1. The lowest BCUT2D eigenvalue weighted by Gasteiger charge is -2.15. The van der Waals surface area contributed by atoms with E-state index in [-0.39, 0.29) is 12.6 Å². The maximum absolute atomic E-state index is 10.2. The van der Waals surface area contributed by atoms with Gasteiger partial charge in [-0.25, -0.2) is 4.79 Å². The Morgan fingerprint density at radius 1 is 1.56 bits per heavy atom. The molecule has 1 aromatic carbocycles. The van der Waals surface area contributed by atoms with Crippen molar-refractivity contribution in [3.63, 3.8) is 0 Å². The van der Waals surface area contributed by atoms with E-state index >= 15 is 0 Å². The van der Waals surface area contributed by atoms with E-state index in [0.29, 0.717) is 11.6 Å². The van der Waals surface area contributed by atoms with Crippen molar-refractivity contribution in [1.82, 2.24) is 0 Å². The molecule has 1 atom stereocenters. The van der Waals surface area contributed by atoms with Gasteiger partial charge in [-0.2, -0.15) is 0 Å². The molecule has 0 fully saturated rings. The highest BCUT2D eigenvalue weighted by atomic mass is 35.5. The Morgan fingerprint density at radius 3 is 2.88 bits per heavy atom. The van der Waals surface area contributed by atoms with Gasteiger partial charge in [0.15, 0.2) is 0 Å². The second-order valence-corrected chi connectivity index (χ2v) is 3.84. The van der Waals surface area contributed by atoms with Gasteiger partial charge in [-0.15, -0.1) is 0 Å². The van der Waals surface area contributed by atoms with Crippen molar-refractivity contribution < 1.29 is 14.6 Å². The Labute approximate surface area is 99.2 Å². The Bertz CT molecular complexity index is 357. The minimum atomic E-state index is -0.968. The lowest BCUT2D eigenvalue weighted by atomic mass is 10.3. The molecule has 0 aliphatic heterocycles. The quantitative estimate of drug-likeness (QED) is 0.805. The average molecular weight is 244 g/mol. The summed E-state index contributed by atoms with van der Waals surface area (Å²) in [6.07, 6.45) is 0.